The third-order valence-corrected chi connectivity index (χ3v) is 6.33. The van der Waals surface area contributed by atoms with E-state index in [0.29, 0.717) is 5.92 Å². The SMILES string of the molecule is COc1ccccc1[C@@]1(CCNCc2ccc(OC(C)C)cc2)CCO[C@H](C(C)C)C1. The van der Waals surface area contributed by atoms with Gasteiger partial charge >= 0.3 is 0 Å². The average molecular weight is 426 g/mol. The van der Waals surface area contributed by atoms with Gasteiger partial charge in [-0.2, -0.15) is 0 Å². The molecular weight excluding hydrogens is 386 g/mol. The van der Waals surface area contributed by atoms with Crippen molar-refractivity contribution < 1.29 is 14.2 Å². The molecule has 2 aromatic rings. The maximum Gasteiger partial charge on any atom is 0.122 e. The van der Waals surface area contributed by atoms with Crippen molar-refractivity contribution in [1.29, 1.82) is 0 Å². The van der Waals surface area contributed by atoms with Crippen molar-refractivity contribution in [2.45, 2.75) is 71.1 Å². The van der Waals surface area contributed by atoms with Gasteiger partial charge in [0.2, 0.25) is 0 Å². The van der Waals surface area contributed by atoms with Gasteiger partial charge in [0.1, 0.15) is 11.5 Å². The topological polar surface area (TPSA) is 39.7 Å². The van der Waals surface area contributed by atoms with Crippen LogP contribution in [0.3, 0.4) is 0 Å². The summed E-state index contributed by atoms with van der Waals surface area (Å²) in [6.07, 6.45) is 3.61. The molecule has 2 aromatic carbocycles. The Bertz CT molecular complexity index is 802. The van der Waals surface area contributed by atoms with E-state index < -0.39 is 0 Å². The molecule has 1 aliphatic heterocycles. The molecule has 4 heteroatoms. The fourth-order valence-electron chi connectivity index (χ4n) is 4.59. The van der Waals surface area contributed by atoms with Crippen LogP contribution in [-0.2, 0) is 16.7 Å². The number of hydrogen-bond acceptors (Lipinski definition) is 4. The van der Waals surface area contributed by atoms with E-state index in [4.69, 9.17) is 14.2 Å². The summed E-state index contributed by atoms with van der Waals surface area (Å²) in [6, 6.07) is 16.9. The van der Waals surface area contributed by atoms with Gasteiger partial charge in [0.15, 0.2) is 0 Å². The summed E-state index contributed by atoms with van der Waals surface area (Å²) < 4.78 is 17.6. The molecule has 0 amide bonds. The van der Waals surface area contributed by atoms with Crippen LogP contribution in [-0.4, -0.2) is 32.5 Å². The van der Waals surface area contributed by atoms with Crippen LogP contribution in [0.4, 0.5) is 0 Å². The zero-order chi connectivity index (χ0) is 22.3. The standard InChI is InChI=1S/C27H39NO3/c1-20(2)26-18-27(15-17-30-26,24-8-6-7-9-25(24)29-5)14-16-28-19-22-10-12-23(13-11-22)31-21(3)4/h6-13,20-21,26,28H,14-19H2,1-5H3/t26-,27-/m0/s1. The van der Waals surface area contributed by atoms with Crippen LogP contribution < -0.4 is 14.8 Å². The van der Waals surface area contributed by atoms with Crippen LogP contribution in [0.15, 0.2) is 48.5 Å². The normalized spacial score (nSPS) is 21.5. The smallest absolute Gasteiger partial charge is 0.122 e. The summed E-state index contributed by atoms with van der Waals surface area (Å²) in [5.74, 6) is 2.43. The largest absolute Gasteiger partial charge is 0.496 e. The number of benzene rings is 2. The number of para-hydroxylation sites is 1. The van der Waals surface area contributed by atoms with E-state index in [2.05, 4.69) is 67.7 Å². The Labute approximate surface area is 188 Å². The third-order valence-electron chi connectivity index (χ3n) is 6.33. The van der Waals surface area contributed by atoms with Crippen LogP contribution in [0.1, 0.15) is 58.1 Å². The lowest BCUT2D eigenvalue weighted by Crippen LogP contribution is -2.42. The quantitative estimate of drug-likeness (QED) is 0.493. The summed E-state index contributed by atoms with van der Waals surface area (Å²) in [7, 11) is 1.77. The van der Waals surface area contributed by atoms with Crippen molar-refractivity contribution in [2.24, 2.45) is 5.92 Å². The fourth-order valence-corrected chi connectivity index (χ4v) is 4.59. The van der Waals surface area contributed by atoms with E-state index in [1.165, 1.54) is 11.1 Å². The highest BCUT2D eigenvalue weighted by Crippen LogP contribution is 2.45. The summed E-state index contributed by atoms with van der Waals surface area (Å²) >= 11 is 0. The molecule has 0 aliphatic carbocycles. The number of methoxy groups -OCH3 is 1. The van der Waals surface area contributed by atoms with Gasteiger partial charge in [-0.1, -0.05) is 44.2 Å². The Morgan fingerprint density at radius 3 is 2.48 bits per heavy atom. The third kappa shape index (κ3) is 6.24. The molecule has 0 unspecified atom stereocenters. The van der Waals surface area contributed by atoms with E-state index in [-0.39, 0.29) is 17.6 Å². The first kappa shape index (κ1) is 23.6. The van der Waals surface area contributed by atoms with Crippen molar-refractivity contribution >= 4 is 0 Å². The molecule has 4 nitrogen and oxygen atoms in total. The van der Waals surface area contributed by atoms with Crippen LogP contribution in [0.25, 0.3) is 0 Å². The van der Waals surface area contributed by atoms with Crippen LogP contribution in [0.5, 0.6) is 11.5 Å². The van der Waals surface area contributed by atoms with Crippen molar-refractivity contribution in [2.75, 3.05) is 20.3 Å². The highest BCUT2D eigenvalue weighted by atomic mass is 16.5. The molecule has 1 N–H and O–H groups in total. The lowest BCUT2D eigenvalue weighted by molar-refractivity contribution is -0.0473. The molecule has 0 saturated carbocycles. The maximum absolute atomic E-state index is 6.13. The molecule has 1 aliphatic rings. The Hall–Kier alpha value is -2.04. The molecule has 170 valence electrons. The molecule has 0 radical (unpaired) electrons. The predicted molar refractivity (Wildman–Crippen MR) is 127 cm³/mol. The Morgan fingerprint density at radius 2 is 1.81 bits per heavy atom. The first-order valence-electron chi connectivity index (χ1n) is 11.6. The second kappa shape index (κ2) is 11.0. The molecule has 1 saturated heterocycles. The minimum Gasteiger partial charge on any atom is -0.496 e. The van der Waals surface area contributed by atoms with Gasteiger partial charge in [-0.15, -0.1) is 0 Å². The lowest BCUT2D eigenvalue weighted by Gasteiger charge is -2.43. The first-order chi connectivity index (χ1) is 14.9. The fraction of sp³-hybridized carbons (Fsp3) is 0.556. The molecule has 1 fully saturated rings. The van der Waals surface area contributed by atoms with Gasteiger partial charge in [0, 0.05) is 24.1 Å². The summed E-state index contributed by atoms with van der Waals surface area (Å²) in [4.78, 5) is 0. The number of rotatable bonds is 10. The van der Waals surface area contributed by atoms with E-state index in [9.17, 15) is 0 Å². The van der Waals surface area contributed by atoms with Crippen LogP contribution in [0, 0.1) is 5.92 Å². The second-order valence-electron chi connectivity index (χ2n) is 9.33. The Balaban J connectivity index is 1.67. The first-order valence-corrected chi connectivity index (χ1v) is 11.6. The second-order valence-corrected chi connectivity index (χ2v) is 9.33. The number of hydrogen-bond donors (Lipinski definition) is 1. The Morgan fingerprint density at radius 1 is 1.06 bits per heavy atom. The van der Waals surface area contributed by atoms with Gasteiger partial charge in [0.25, 0.3) is 0 Å². The van der Waals surface area contributed by atoms with Gasteiger partial charge < -0.3 is 19.5 Å². The van der Waals surface area contributed by atoms with Crippen LogP contribution in [0.2, 0.25) is 0 Å². The molecule has 31 heavy (non-hydrogen) atoms. The van der Waals surface area contributed by atoms with Crippen molar-refractivity contribution in [3.05, 3.63) is 59.7 Å². The predicted octanol–water partition coefficient (Wildman–Crippen LogP) is 5.74. The average Bonchev–Trinajstić information content (AvgIpc) is 2.77. The highest BCUT2D eigenvalue weighted by Gasteiger charge is 2.40. The van der Waals surface area contributed by atoms with Crippen molar-refractivity contribution in [1.82, 2.24) is 5.32 Å². The number of ether oxygens (including phenoxy) is 3. The summed E-state index contributed by atoms with van der Waals surface area (Å²) in [6.45, 7) is 11.2. The summed E-state index contributed by atoms with van der Waals surface area (Å²) in [5, 5.41) is 3.66. The van der Waals surface area contributed by atoms with Gasteiger partial charge in [-0.3, -0.25) is 0 Å². The lowest BCUT2D eigenvalue weighted by atomic mass is 9.68. The molecule has 0 aromatic heterocycles. The maximum atomic E-state index is 6.13. The van der Waals surface area contributed by atoms with E-state index >= 15 is 0 Å². The van der Waals surface area contributed by atoms with Crippen LogP contribution >= 0.6 is 0 Å². The zero-order valence-corrected chi connectivity index (χ0v) is 19.8. The molecular formula is C27H39NO3. The van der Waals surface area contributed by atoms with Gasteiger partial charge in [-0.25, -0.2) is 0 Å². The molecule has 2 atom stereocenters. The van der Waals surface area contributed by atoms with Crippen molar-refractivity contribution in [3.8, 4) is 11.5 Å². The van der Waals surface area contributed by atoms with E-state index in [1.54, 1.807) is 7.11 Å². The van der Waals surface area contributed by atoms with E-state index in [1.807, 2.05) is 13.8 Å². The molecule has 0 spiro atoms. The monoisotopic (exact) mass is 425 g/mol. The number of nitrogens with one attached hydrogen (secondary N) is 1. The van der Waals surface area contributed by atoms with Crippen molar-refractivity contribution in [3.63, 3.8) is 0 Å². The van der Waals surface area contributed by atoms with E-state index in [0.717, 1.165) is 50.5 Å². The molecule has 3 rings (SSSR count). The van der Waals surface area contributed by atoms with Gasteiger partial charge in [-0.05, 0) is 69.3 Å². The zero-order valence-electron chi connectivity index (χ0n) is 19.8. The van der Waals surface area contributed by atoms with Gasteiger partial charge in [0.05, 0.1) is 19.3 Å². The minimum atomic E-state index is 0.0712. The minimum absolute atomic E-state index is 0.0712. The molecule has 1 heterocycles. The molecule has 0 bridgehead atoms. The summed E-state index contributed by atoms with van der Waals surface area (Å²) in [5.41, 5.74) is 2.67. The highest BCUT2D eigenvalue weighted by molar-refractivity contribution is 5.40. The Kier molecular flexibility index (Phi) is 8.39.